The van der Waals surface area contributed by atoms with Crippen molar-refractivity contribution in [2.45, 2.75) is 45.0 Å². The highest BCUT2D eigenvalue weighted by molar-refractivity contribution is 7.89. The van der Waals surface area contributed by atoms with E-state index < -0.39 is 16.4 Å². The summed E-state index contributed by atoms with van der Waals surface area (Å²) in [6, 6.07) is 5.55. The maximum atomic E-state index is 12.2. The molecule has 0 atom stereocenters. The lowest BCUT2D eigenvalue weighted by Crippen LogP contribution is -2.34. The van der Waals surface area contributed by atoms with Crippen LogP contribution in [-0.4, -0.2) is 43.3 Å². The molecule has 166 valence electrons. The molecule has 0 spiro atoms. The molecule has 1 saturated carbocycles. The van der Waals surface area contributed by atoms with Crippen LogP contribution in [0.5, 0.6) is 5.75 Å². The van der Waals surface area contributed by atoms with Gasteiger partial charge in [0, 0.05) is 18.2 Å². The van der Waals surface area contributed by atoms with E-state index in [1.54, 1.807) is 6.92 Å². The zero-order chi connectivity index (χ0) is 21.8. The predicted molar refractivity (Wildman–Crippen MR) is 103 cm³/mol. The second kappa shape index (κ2) is 9.21. The summed E-state index contributed by atoms with van der Waals surface area (Å²) in [6.45, 7) is 2.05. The second-order valence-electron chi connectivity index (χ2n) is 7.11. The molecular formula is C18H23F3N4O4S. The minimum atomic E-state index is -4.75. The van der Waals surface area contributed by atoms with E-state index in [0.717, 1.165) is 25.7 Å². The Balaban J connectivity index is 1.49. The molecule has 0 amide bonds. The molecule has 0 bridgehead atoms. The number of nitrogens with one attached hydrogen (secondary N) is 2. The number of alkyl halides is 3. The van der Waals surface area contributed by atoms with E-state index in [1.807, 2.05) is 0 Å². The van der Waals surface area contributed by atoms with Gasteiger partial charge in [0.2, 0.25) is 15.8 Å². The van der Waals surface area contributed by atoms with Crippen molar-refractivity contribution in [1.82, 2.24) is 14.9 Å². The van der Waals surface area contributed by atoms with Crippen LogP contribution >= 0.6 is 0 Å². The van der Waals surface area contributed by atoms with Crippen LogP contribution in [0, 0.1) is 5.92 Å². The zero-order valence-electron chi connectivity index (χ0n) is 16.3. The summed E-state index contributed by atoms with van der Waals surface area (Å²) in [4.78, 5) is 4.23. The van der Waals surface area contributed by atoms with Crippen LogP contribution in [0.15, 0.2) is 28.8 Å². The Hall–Kier alpha value is -2.34. The number of hydrogen-bond acceptors (Lipinski definition) is 7. The lowest BCUT2D eigenvalue weighted by atomic mass is 9.86. The average Bonchev–Trinajstić information content (AvgIpc) is 3.15. The molecule has 1 heterocycles. The number of halogens is 3. The first-order valence-electron chi connectivity index (χ1n) is 9.57. The zero-order valence-corrected chi connectivity index (χ0v) is 17.1. The minimum absolute atomic E-state index is 0.0709. The first-order valence-corrected chi connectivity index (χ1v) is 11.2. The SMILES string of the molecule is CCS(=O)(=O)NC[C@H]1CC[C@H](Nc2nc(-c3ccc(OC(F)(F)F)cc3)no2)CC1. The predicted octanol–water partition coefficient (Wildman–Crippen LogP) is 3.55. The summed E-state index contributed by atoms with van der Waals surface area (Å²) in [7, 11) is -3.18. The van der Waals surface area contributed by atoms with Gasteiger partial charge in [0.15, 0.2) is 0 Å². The molecule has 30 heavy (non-hydrogen) atoms. The topological polar surface area (TPSA) is 106 Å². The van der Waals surface area contributed by atoms with Crippen LogP contribution in [0.25, 0.3) is 11.4 Å². The average molecular weight is 448 g/mol. The van der Waals surface area contributed by atoms with Crippen LogP contribution < -0.4 is 14.8 Å². The molecule has 2 aromatic rings. The second-order valence-corrected chi connectivity index (χ2v) is 9.20. The first-order chi connectivity index (χ1) is 14.1. The summed E-state index contributed by atoms with van der Waals surface area (Å²) >= 11 is 0. The maximum Gasteiger partial charge on any atom is 0.573 e. The summed E-state index contributed by atoms with van der Waals surface area (Å²) in [6.07, 6.45) is -1.35. The van der Waals surface area contributed by atoms with Gasteiger partial charge < -0.3 is 14.6 Å². The smallest absolute Gasteiger partial charge is 0.406 e. The van der Waals surface area contributed by atoms with Gasteiger partial charge in [-0.3, -0.25) is 0 Å². The van der Waals surface area contributed by atoms with Crippen molar-refractivity contribution in [3.05, 3.63) is 24.3 Å². The molecule has 0 saturated heterocycles. The number of anilines is 1. The van der Waals surface area contributed by atoms with Gasteiger partial charge in [0.05, 0.1) is 5.75 Å². The van der Waals surface area contributed by atoms with E-state index in [9.17, 15) is 21.6 Å². The fourth-order valence-corrected chi connectivity index (χ4v) is 3.93. The molecule has 1 fully saturated rings. The number of rotatable bonds is 8. The quantitative estimate of drug-likeness (QED) is 0.636. The summed E-state index contributed by atoms with van der Waals surface area (Å²) in [5, 5.41) is 7.01. The Labute approximate surface area is 172 Å². The molecule has 8 nitrogen and oxygen atoms in total. The fourth-order valence-electron chi connectivity index (χ4n) is 3.24. The highest BCUT2D eigenvalue weighted by Crippen LogP contribution is 2.28. The minimum Gasteiger partial charge on any atom is -0.406 e. The van der Waals surface area contributed by atoms with Crippen LogP contribution in [0.1, 0.15) is 32.6 Å². The molecule has 1 aliphatic rings. The lowest BCUT2D eigenvalue weighted by molar-refractivity contribution is -0.274. The van der Waals surface area contributed by atoms with Crippen molar-refractivity contribution >= 4 is 16.0 Å². The normalized spacial score (nSPS) is 20.1. The van der Waals surface area contributed by atoms with E-state index in [-0.39, 0.29) is 29.4 Å². The number of aromatic nitrogens is 2. The van der Waals surface area contributed by atoms with Gasteiger partial charge in [-0.25, -0.2) is 13.1 Å². The maximum absolute atomic E-state index is 12.2. The molecule has 3 rings (SSSR count). The highest BCUT2D eigenvalue weighted by atomic mass is 32.2. The number of sulfonamides is 1. The van der Waals surface area contributed by atoms with Crippen molar-refractivity contribution in [3.63, 3.8) is 0 Å². The van der Waals surface area contributed by atoms with Gasteiger partial charge in [-0.05, 0) is 62.8 Å². The monoisotopic (exact) mass is 448 g/mol. The largest absolute Gasteiger partial charge is 0.573 e. The molecule has 0 aliphatic heterocycles. The molecule has 0 radical (unpaired) electrons. The summed E-state index contributed by atoms with van der Waals surface area (Å²) < 4.78 is 71.4. The van der Waals surface area contributed by atoms with E-state index in [1.165, 1.54) is 24.3 Å². The van der Waals surface area contributed by atoms with Crippen molar-refractivity contribution < 1.29 is 30.8 Å². The van der Waals surface area contributed by atoms with E-state index in [4.69, 9.17) is 4.52 Å². The van der Waals surface area contributed by atoms with Gasteiger partial charge in [0.25, 0.3) is 0 Å². The number of hydrogen-bond donors (Lipinski definition) is 2. The van der Waals surface area contributed by atoms with E-state index in [2.05, 4.69) is 24.9 Å². The Morgan fingerprint density at radius 3 is 2.43 bits per heavy atom. The van der Waals surface area contributed by atoms with Crippen molar-refractivity contribution in [1.29, 1.82) is 0 Å². The lowest BCUT2D eigenvalue weighted by Gasteiger charge is -2.28. The van der Waals surface area contributed by atoms with Crippen LogP contribution in [0.2, 0.25) is 0 Å². The Kier molecular flexibility index (Phi) is 6.86. The van der Waals surface area contributed by atoms with Gasteiger partial charge in [-0.15, -0.1) is 13.2 Å². The first kappa shape index (κ1) is 22.3. The van der Waals surface area contributed by atoms with Crippen LogP contribution in [0.4, 0.5) is 19.2 Å². The van der Waals surface area contributed by atoms with Crippen LogP contribution in [-0.2, 0) is 10.0 Å². The van der Waals surface area contributed by atoms with Gasteiger partial charge in [-0.1, -0.05) is 5.16 Å². The third-order valence-electron chi connectivity index (χ3n) is 4.92. The van der Waals surface area contributed by atoms with Crippen molar-refractivity contribution in [2.24, 2.45) is 5.92 Å². The standard InChI is InChI=1S/C18H23F3N4O4S/c1-2-30(26,27)22-11-12-3-7-14(8-4-12)23-17-24-16(25-29-17)13-5-9-15(10-6-13)28-18(19,20)21/h5-6,9-10,12,14,22H,2-4,7-8,11H2,1H3,(H,23,24,25)/t12-,14-. The number of nitrogens with zero attached hydrogens (tertiary/aromatic N) is 2. The summed E-state index contributed by atoms with van der Waals surface area (Å²) in [5.41, 5.74) is 0.494. The number of benzene rings is 1. The molecule has 1 aromatic heterocycles. The fraction of sp³-hybridized carbons (Fsp3) is 0.556. The van der Waals surface area contributed by atoms with Crippen LogP contribution in [0.3, 0.4) is 0 Å². The third-order valence-corrected chi connectivity index (χ3v) is 6.29. The van der Waals surface area contributed by atoms with E-state index >= 15 is 0 Å². The van der Waals surface area contributed by atoms with Gasteiger partial charge >= 0.3 is 12.4 Å². The molecule has 1 aliphatic carbocycles. The highest BCUT2D eigenvalue weighted by Gasteiger charge is 2.31. The van der Waals surface area contributed by atoms with Gasteiger partial charge in [0.1, 0.15) is 5.75 Å². The molecule has 1 aromatic carbocycles. The molecule has 2 N–H and O–H groups in total. The third kappa shape index (κ3) is 6.59. The Morgan fingerprint density at radius 2 is 1.83 bits per heavy atom. The summed E-state index contributed by atoms with van der Waals surface area (Å²) in [5.74, 6) is 0.284. The Bertz CT molecular complexity index is 924. The molecule has 0 unspecified atom stereocenters. The number of ether oxygens (including phenoxy) is 1. The van der Waals surface area contributed by atoms with Crippen molar-refractivity contribution in [3.8, 4) is 17.1 Å². The molecular weight excluding hydrogens is 425 g/mol. The Morgan fingerprint density at radius 1 is 1.17 bits per heavy atom. The van der Waals surface area contributed by atoms with E-state index in [0.29, 0.717) is 18.0 Å². The molecule has 12 heteroatoms. The van der Waals surface area contributed by atoms with Crippen molar-refractivity contribution in [2.75, 3.05) is 17.6 Å². The van der Waals surface area contributed by atoms with Gasteiger partial charge in [-0.2, -0.15) is 4.98 Å².